The molecule has 1 unspecified atom stereocenters. The highest BCUT2D eigenvalue weighted by molar-refractivity contribution is 5.76. The lowest BCUT2D eigenvalue weighted by atomic mass is 10.0. The van der Waals surface area contributed by atoms with Gasteiger partial charge in [0.05, 0.1) is 18.8 Å². The molecule has 9 heteroatoms. The molecular formula is C10H22N4O5. The standard InChI is InChI=1S/C10H22N4O5/c1-14(4-10(18)19)13-9(17)3-6(11)2-8(16)7(12)5-15/h6-8,15-16H,2-5,11-12H2,1H3,(H,13,17)(H,18,19)/t6-,7?,8-/m1/s1. The van der Waals surface area contributed by atoms with E-state index in [2.05, 4.69) is 5.43 Å². The van der Waals surface area contributed by atoms with E-state index in [0.717, 1.165) is 5.01 Å². The molecule has 9 nitrogen and oxygen atoms in total. The fraction of sp³-hybridized carbons (Fsp3) is 0.800. The lowest BCUT2D eigenvalue weighted by Crippen LogP contribution is -2.46. The van der Waals surface area contributed by atoms with Crippen LogP contribution in [0.25, 0.3) is 0 Å². The zero-order valence-electron chi connectivity index (χ0n) is 10.8. The van der Waals surface area contributed by atoms with E-state index in [4.69, 9.17) is 21.7 Å². The van der Waals surface area contributed by atoms with Crippen LogP contribution in [0.3, 0.4) is 0 Å². The zero-order chi connectivity index (χ0) is 15.0. The van der Waals surface area contributed by atoms with Gasteiger partial charge >= 0.3 is 5.97 Å². The molecule has 0 aliphatic heterocycles. The molecule has 112 valence electrons. The van der Waals surface area contributed by atoms with E-state index < -0.39 is 30.1 Å². The Morgan fingerprint density at radius 3 is 2.42 bits per heavy atom. The van der Waals surface area contributed by atoms with Crippen molar-refractivity contribution in [1.29, 1.82) is 0 Å². The van der Waals surface area contributed by atoms with Crippen molar-refractivity contribution in [1.82, 2.24) is 10.4 Å². The molecule has 1 amide bonds. The number of carbonyl (C=O) groups excluding carboxylic acids is 1. The predicted molar refractivity (Wildman–Crippen MR) is 66.7 cm³/mol. The van der Waals surface area contributed by atoms with E-state index in [-0.39, 0.29) is 26.0 Å². The molecule has 0 heterocycles. The Kier molecular flexibility index (Phi) is 8.19. The number of rotatable bonds is 9. The van der Waals surface area contributed by atoms with Gasteiger partial charge in [0.2, 0.25) is 5.91 Å². The maximum Gasteiger partial charge on any atom is 0.319 e. The Morgan fingerprint density at radius 2 is 1.95 bits per heavy atom. The molecule has 0 fully saturated rings. The van der Waals surface area contributed by atoms with E-state index in [1.165, 1.54) is 7.05 Å². The van der Waals surface area contributed by atoms with Crippen LogP contribution in [0.2, 0.25) is 0 Å². The van der Waals surface area contributed by atoms with Gasteiger partial charge < -0.3 is 26.8 Å². The maximum absolute atomic E-state index is 11.5. The number of hydrazine groups is 1. The summed E-state index contributed by atoms with van der Waals surface area (Å²) in [7, 11) is 1.41. The number of hydrogen-bond donors (Lipinski definition) is 6. The number of nitrogens with one attached hydrogen (secondary N) is 1. The molecule has 0 spiro atoms. The molecule has 0 radical (unpaired) electrons. The maximum atomic E-state index is 11.5. The van der Waals surface area contributed by atoms with E-state index in [9.17, 15) is 14.7 Å². The minimum absolute atomic E-state index is 0.0673. The number of aliphatic hydroxyl groups is 2. The van der Waals surface area contributed by atoms with Gasteiger partial charge in [-0.1, -0.05) is 0 Å². The Balaban J connectivity index is 4.01. The van der Waals surface area contributed by atoms with Crippen LogP contribution in [-0.4, -0.2) is 70.6 Å². The van der Waals surface area contributed by atoms with Crippen molar-refractivity contribution in [3.05, 3.63) is 0 Å². The Morgan fingerprint density at radius 1 is 1.37 bits per heavy atom. The lowest BCUT2D eigenvalue weighted by molar-refractivity contribution is -0.139. The fourth-order valence-corrected chi connectivity index (χ4v) is 1.43. The van der Waals surface area contributed by atoms with Crippen LogP contribution in [0, 0.1) is 0 Å². The summed E-state index contributed by atoms with van der Waals surface area (Å²) in [5, 5.41) is 27.9. The zero-order valence-corrected chi connectivity index (χ0v) is 10.8. The second-order valence-electron chi connectivity index (χ2n) is 4.40. The van der Waals surface area contributed by atoms with Crippen LogP contribution in [0.15, 0.2) is 0 Å². The smallest absolute Gasteiger partial charge is 0.319 e. The van der Waals surface area contributed by atoms with Crippen molar-refractivity contribution in [2.45, 2.75) is 31.0 Å². The molecule has 0 rings (SSSR count). The number of carboxylic acid groups (broad SMARTS) is 1. The molecule has 0 aliphatic rings. The molecule has 0 aromatic rings. The third-order valence-corrected chi connectivity index (χ3v) is 2.38. The van der Waals surface area contributed by atoms with Gasteiger partial charge in [0.25, 0.3) is 0 Å². The minimum atomic E-state index is -1.07. The molecule has 8 N–H and O–H groups in total. The van der Waals surface area contributed by atoms with Crippen LogP contribution < -0.4 is 16.9 Å². The fourth-order valence-electron chi connectivity index (χ4n) is 1.43. The second kappa shape index (κ2) is 8.77. The Labute approximate surface area is 111 Å². The predicted octanol–water partition coefficient (Wildman–Crippen LogP) is -3.18. The quantitative estimate of drug-likeness (QED) is 0.240. The van der Waals surface area contributed by atoms with E-state index in [1.54, 1.807) is 0 Å². The monoisotopic (exact) mass is 278 g/mol. The number of aliphatic hydroxyl groups excluding tert-OH is 2. The van der Waals surface area contributed by atoms with Gasteiger partial charge in [-0.3, -0.25) is 15.0 Å². The van der Waals surface area contributed by atoms with Gasteiger partial charge in [0.15, 0.2) is 0 Å². The number of nitrogens with two attached hydrogens (primary N) is 2. The topological polar surface area (TPSA) is 162 Å². The molecular weight excluding hydrogens is 256 g/mol. The molecule has 19 heavy (non-hydrogen) atoms. The van der Waals surface area contributed by atoms with E-state index >= 15 is 0 Å². The highest BCUT2D eigenvalue weighted by Gasteiger charge is 2.19. The molecule has 0 aliphatic carbocycles. The summed E-state index contributed by atoms with van der Waals surface area (Å²) >= 11 is 0. The van der Waals surface area contributed by atoms with Gasteiger partial charge in [-0.05, 0) is 6.42 Å². The Hall–Kier alpha value is -1.26. The van der Waals surface area contributed by atoms with Crippen LogP contribution >= 0.6 is 0 Å². The van der Waals surface area contributed by atoms with Gasteiger partial charge in [0, 0.05) is 19.5 Å². The average molecular weight is 278 g/mol. The molecule has 0 aromatic carbocycles. The summed E-state index contributed by atoms with van der Waals surface area (Å²) in [6.45, 7) is -0.708. The van der Waals surface area contributed by atoms with Gasteiger partial charge in [-0.25, -0.2) is 5.01 Å². The number of amides is 1. The first-order valence-corrected chi connectivity index (χ1v) is 5.78. The summed E-state index contributed by atoms with van der Waals surface area (Å²) in [4.78, 5) is 21.9. The van der Waals surface area contributed by atoms with Crippen LogP contribution in [0.4, 0.5) is 0 Å². The van der Waals surface area contributed by atoms with Crippen LogP contribution in [-0.2, 0) is 9.59 Å². The van der Waals surface area contributed by atoms with E-state index in [1.807, 2.05) is 0 Å². The molecule has 0 saturated heterocycles. The SMILES string of the molecule is CN(CC(=O)O)NC(=O)C[C@H](N)C[C@@H](O)C(N)CO. The second-order valence-corrected chi connectivity index (χ2v) is 4.40. The minimum Gasteiger partial charge on any atom is -0.480 e. The molecule has 0 saturated carbocycles. The number of carboxylic acids is 1. The van der Waals surface area contributed by atoms with Gasteiger partial charge in [-0.2, -0.15) is 0 Å². The first-order valence-electron chi connectivity index (χ1n) is 5.78. The average Bonchev–Trinajstić information content (AvgIpc) is 2.25. The molecule has 0 bridgehead atoms. The number of hydrogen-bond acceptors (Lipinski definition) is 7. The van der Waals surface area contributed by atoms with Crippen molar-refractivity contribution in [3.8, 4) is 0 Å². The van der Waals surface area contributed by atoms with Crippen molar-refractivity contribution in [3.63, 3.8) is 0 Å². The summed E-state index contributed by atoms with van der Waals surface area (Å²) in [6, 6.07) is -1.44. The van der Waals surface area contributed by atoms with Gasteiger partial charge in [0.1, 0.15) is 6.54 Å². The first-order chi connectivity index (χ1) is 8.76. The normalized spacial score (nSPS) is 15.9. The van der Waals surface area contributed by atoms with Crippen molar-refractivity contribution in [2.24, 2.45) is 11.5 Å². The van der Waals surface area contributed by atoms with Crippen molar-refractivity contribution >= 4 is 11.9 Å². The number of likely N-dealkylation sites (N-methyl/N-ethyl adjacent to an activating group) is 1. The summed E-state index contributed by atoms with van der Waals surface area (Å²) in [5.41, 5.74) is 13.4. The van der Waals surface area contributed by atoms with Gasteiger partial charge in [-0.15, -0.1) is 0 Å². The number of nitrogens with zero attached hydrogens (tertiary/aromatic N) is 1. The number of carbonyl (C=O) groups is 2. The Bertz CT molecular complexity index is 302. The molecule has 0 aromatic heterocycles. The van der Waals surface area contributed by atoms with Crippen LogP contribution in [0.1, 0.15) is 12.8 Å². The highest BCUT2D eigenvalue weighted by Crippen LogP contribution is 2.03. The van der Waals surface area contributed by atoms with Crippen LogP contribution in [0.5, 0.6) is 0 Å². The molecule has 3 atom stereocenters. The third-order valence-electron chi connectivity index (χ3n) is 2.38. The summed E-state index contributed by atoms with van der Waals surface area (Å²) in [6.07, 6.45) is -1.01. The highest BCUT2D eigenvalue weighted by atomic mass is 16.4. The largest absolute Gasteiger partial charge is 0.480 e. The number of aliphatic carboxylic acids is 1. The van der Waals surface area contributed by atoms with Crippen molar-refractivity contribution < 1.29 is 24.9 Å². The van der Waals surface area contributed by atoms with E-state index in [0.29, 0.717) is 0 Å². The van der Waals surface area contributed by atoms with Crippen molar-refractivity contribution in [2.75, 3.05) is 20.2 Å². The summed E-state index contributed by atoms with van der Waals surface area (Å²) in [5.74, 6) is -1.53. The lowest BCUT2D eigenvalue weighted by Gasteiger charge is -2.21. The third kappa shape index (κ3) is 8.46. The summed E-state index contributed by atoms with van der Waals surface area (Å²) < 4.78 is 0. The first kappa shape index (κ1) is 17.7.